The fraction of sp³-hybridized carbons (Fsp3) is 0. The number of isothiocyanates is 1. The minimum absolute atomic E-state index is 0.0411. The van der Waals surface area contributed by atoms with Crippen molar-refractivity contribution >= 4 is 46.3 Å². The summed E-state index contributed by atoms with van der Waals surface area (Å²) in [7, 11) is 0. The van der Waals surface area contributed by atoms with Crippen LogP contribution in [0, 0.1) is 5.82 Å². The molecule has 0 spiro atoms. The lowest BCUT2D eigenvalue weighted by atomic mass is 10.3. The van der Waals surface area contributed by atoms with Gasteiger partial charge in [0.2, 0.25) is 0 Å². The maximum Gasteiger partial charge on any atom is 0.169 e. The molecule has 0 unspecified atom stereocenters. The van der Waals surface area contributed by atoms with Gasteiger partial charge in [-0.15, -0.1) is 0 Å². The van der Waals surface area contributed by atoms with E-state index < -0.39 is 5.82 Å². The molecule has 0 aliphatic carbocycles. The summed E-state index contributed by atoms with van der Waals surface area (Å²) < 4.78 is 13.1. The van der Waals surface area contributed by atoms with E-state index in [9.17, 15) is 4.39 Å². The molecule has 0 bridgehead atoms. The van der Waals surface area contributed by atoms with E-state index in [1.165, 1.54) is 12.1 Å². The van der Waals surface area contributed by atoms with Gasteiger partial charge in [0, 0.05) is 0 Å². The van der Waals surface area contributed by atoms with Crippen LogP contribution < -0.4 is 0 Å². The topological polar surface area (TPSA) is 12.4 Å². The smallest absolute Gasteiger partial charge is 0.169 e. The highest BCUT2D eigenvalue weighted by Crippen LogP contribution is 2.30. The minimum Gasteiger partial charge on any atom is -0.203 e. The number of rotatable bonds is 1. The Hall–Kier alpha value is -0.470. The van der Waals surface area contributed by atoms with Crippen molar-refractivity contribution in [2.24, 2.45) is 4.99 Å². The van der Waals surface area contributed by atoms with Gasteiger partial charge in [-0.05, 0) is 24.4 Å². The lowest BCUT2D eigenvalue weighted by Crippen LogP contribution is -1.78. The summed E-state index contributed by atoms with van der Waals surface area (Å²) in [6, 6.07) is 2.82. The molecule has 0 radical (unpaired) electrons. The summed E-state index contributed by atoms with van der Waals surface area (Å²) in [6.07, 6.45) is 0. The Morgan fingerprint density at radius 2 is 2.08 bits per heavy atom. The van der Waals surface area contributed by atoms with E-state index in [2.05, 4.69) is 17.2 Å². The van der Waals surface area contributed by atoms with Crippen molar-refractivity contribution in [2.45, 2.75) is 0 Å². The molecular formula is C7H2Cl2FNS. The molecule has 0 aliphatic rings. The zero-order valence-corrected chi connectivity index (χ0v) is 7.97. The van der Waals surface area contributed by atoms with E-state index in [1.807, 2.05) is 5.16 Å². The van der Waals surface area contributed by atoms with Crippen LogP contribution in [0.25, 0.3) is 0 Å². The van der Waals surface area contributed by atoms with E-state index in [0.29, 0.717) is 0 Å². The SMILES string of the molecule is Fc1c(N=C=S)ccc(Cl)c1Cl. The highest BCUT2D eigenvalue weighted by atomic mass is 35.5. The molecule has 1 nitrogen and oxygen atoms in total. The Kier molecular flexibility index (Phi) is 3.18. The summed E-state index contributed by atoms with van der Waals surface area (Å²) in [5.74, 6) is -0.679. The molecule has 1 rings (SSSR count). The van der Waals surface area contributed by atoms with Gasteiger partial charge in [0.25, 0.3) is 0 Å². The first kappa shape index (κ1) is 9.62. The molecule has 62 valence electrons. The second kappa shape index (κ2) is 3.97. The lowest BCUT2D eigenvalue weighted by molar-refractivity contribution is 0.630. The van der Waals surface area contributed by atoms with Crippen molar-refractivity contribution in [1.29, 1.82) is 0 Å². The average molecular weight is 222 g/mol. The normalized spacial score (nSPS) is 9.25. The van der Waals surface area contributed by atoms with Gasteiger partial charge in [-0.3, -0.25) is 0 Å². The second-order valence-electron chi connectivity index (χ2n) is 1.90. The Morgan fingerprint density at radius 1 is 1.42 bits per heavy atom. The Balaban J connectivity index is 3.35. The quantitative estimate of drug-likeness (QED) is 0.399. The standard InChI is InChI=1S/C7H2Cl2FNS/c8-4-1-2-5(11-3-12)7(10)6(4)9/h1-2H. The van der Waals surface area contributed by atoms with Gasteiger partial charge < -0.3 is 0 Å². The van der Waals surface area contributed by atoms with Gasteiger partial charge in [0.1, 0.15) is 5.69 Å². The summed E-state index contributed by atoms with van der Waals surface area (Å²) in [4.78, 5) is 3.45. The van der Waals surface area contributed by atoms with Crippen LogP contribution in [-0.4, -0.2) is 5.16 Å². The molecule has 0 heterocycles. The summed E-state index contributed by atoms with van der Waals surface area (Å²) >= 11 is 15.3. The summed E-state index contributed by atoms with van der Waals surface area (Å²) in [5, 5.41) is 2.04. The van der Waals surface area contributed by atoms with Crippen LogP contribution in [0.4, 0.5) is 10.1 Å². The van der Waals surface area contributed by atoms with Crippen molar-refractivity contribution < 1.29 is 4.39 Å². The molecule has 0 aliphatic heterocycles. The average Bonchev–Trinajstić information content (AvgIpc) is 2.07. The van der Waals surface area contributed by atoms with Crippen LogP contribution in [0.3, 0.4) is 0 Å². The Bertz CT molecular complexity index is 361. The van der Waals surface area contributed by atoms with Crippen LogP contribution in [0.15, 0.2) is 17.1 Å². The predicted octanol–water partition coefficient (Wildman–Crippen LogP) is 3.87. The lowest BCUT2D eigenvalue weighted by Gasteiger charge is -1.98. The summed E-state index contributed by atoms with van der Waals surface area (Å²) in [5.41, 5.74) is 0.0411. The monoisotopic (exact) mass is 221 g/mol. The van der Waals surface area contributed by atoms with E-state index in [0.717, 1.165) is 0 Å². The molecule has 12 heavy (non-hydrogen) atoms. The molecule has 1 aromatic carbocycles. The van der Waals surface area contributed by atoms with E-state index in [4.69, 9.17) is 23.2 Å². The molecule has 0 fully saturated rings. The Morgan fingerprint density at radius 3 is 2.67 bits per heavy atom. The first-order chi connectivity index (χ1) is 5.66. The van der Waals surface area contributed by atoms with Crippen LogP contribution in [0.5, 0.6) is 0 Å². The number of hydrogen-bond acceptors (Lipinski definition) is 2. The molecule has 0 saturated heterocycles. The molecule has 5 heteroatoms. The summed E-state index contributed by atoms with van der Waals surface area (Å²) in [6.45, 7) is 0. The van der Waals surface area contributed by atoms with Crippen LogP contribution >= 0.6 is 35.4 Å². The van der Waals surface area contributed by atoms with Crippen LogP contribution in [0.2, 0.25) is 10.0 Å². The van der Waals surface area contributed by atoms with Gasteiger partial charge in [-0.25, -0.2) is 4.39 Å². The first-order valence-electron chi connectivity index (χ1n) is 2.88. The highest BCUT2D eigenvalue weighted by molar-refractivity contribution is 7.78. The third-order valence-corrected chi connectivity index (χ3v) is 2.05. The third kappa shape index (κ3) is 1.82. The highest BCUT2D eigenvalue weighted by Gasteiger charge is 2.08. The van der Waals surface area contributed by atoms with E-state index in [1.54, 1.807) is 0 Å². The van der Waals surface area contributed by atoms with Crippen molar-refractivity contribution in [3.8, 4) is 0 Å². The predicted molar refractivity (Wildman–Crippen MR) is 51.1 cm³/mol. The minimum atomic E-state index is -0.679. The number of hydrogen-bond donors (Lipinski definition) is 0. The zero-order chi connectivity index (χ0) is 9.14. The Labute approximate surface area is 83.8 Å². The zero-order valence-electron chi connectivity index (χ0n) is 5.64. The second-order valence-corrected chi connectivity index (χ2v) is 2.87. The molecule has 0 atom stereocenters. The van der Waals surface area contributed by atoms with E-state index >= 15 is 0 Å². The number of aliphatic imine (C=N–C) groups is 1. The van der Waals surface area contributed by atoms with Crippen molar-refractivity contribution in [1.82, 2.24) is 0 Å². The molecule has 0 amide bonds. The molecule has 1 aromatic rings. The number of benzene rings is 1. The number of thiocarbonyl (C=S) groups is 1. The first-order valence-corrected chi connectivity index (χ1v) is 4.04. The van der Waals surface area contributed by atoms with Gasteiger partial charge in [-0.1, -0.05) is 23.2 Å². The number of nitrogens with zero attached hydrogens (tertiary/aromatic N) is 1. The molecule has 0 aromatic heterocycles. The maximum absolute atomic E-state index is 13.1. The van der Waals surface area contributed by atoms with Crippen LogP contribution in [0.1, 0.15) is 0 Å². The maximum atomic E-state index is 13.1. The van der Waals surface area contributed by atoms with Crippen molar-refractivity contribution in [3.63, 3.8) is 0 Å². The largest absolute Gasteiger partial charge is 0.203 e. The fourth-order valence-electron chi connectivity index (χ4n) is 0.651. The van der Waals surface area contributed by atoms with Crippen LogP contribution in [-0.2, 0) is 0 Å². The molecular weight excluding hydrogens is 220 g/mol. The van der Waals surface area contributed by atoms with Gasteiger partial charge in [0.05, 0.1) is 15.2 Å². The van der Waals surface area contributed by atoms with Crippen molar-refractivity contribution in [2.75, 3.05) is 0 Å². The van der Waals surface area contributed by atoms with Gasteiger partial charge in [0.15, 0.2) is 5.82 Å². The number of halogens is 3. The molecule has 0 saturated carbocycles. The van der Waals surface area contributed by atoms with E-state index in [-0.39, 0.29) is 15.7 Å². The third-order valence-electron chi connectivity index (χ3n) is 1.18. The fourth-order valence-corrected chi connectivity index (χ4v) is 1.06. The van der Waals surface area contributed by atoms with Gasteiger partial charge in [-0.2, -0.15) is 4.99 Å². The van der Waals surface area contributed by atoms with Gasteiger partial charge >= 0.3 is 0 Å². The van der Waals surface area contributed by atoms with Crippen molar-refractivity contribution in [3.05, 3.63) is 28.0 Å². The molecule has 0 N–H and O–H groups in total.